The first-order chi connectivity index (χ1) is 9.93. The van der Waals surface area contributed by atoms with E-state index in [-0.39, 0.29) is 5.69 Å². The number of aromatic amines is 1. The first-order valence-electron chi connectivity index (χ1n) is 6.00. The van der Waals surface area contributed by atoms with Gasteiger partial charge in [-0.2, -0.15) is 18.3 Å². The van der Waals surface area contributed by atoms with Crippen LogP contribution < -0.4 is 4.57 Å². The van der Waals surface area contributed by atoms with Crippen LogP contribution in [0.2, 0.25) is 0 Å². The van der Waals surface area contributed by atoms with E-state index in [1.54, 1.807) is 39.7 Å². The van der Waals surface area contributed by atoms with Gasteiger partial charge in [0.15, 0.2) is 0 Å². The Kier molecular flexibility index (Phi) is 3.00. The van der Waals surface area contributed by atoms with Gasteiger partial charge < -0.3 is 9.13 Å². The van der Waals surface area contributed by atoms with Crippen LogP contribution in [0.1, 0.15) is 5.69 Å². The number of H-pyrrole nitrogens is 1. The van der Waals surface area contributed by atoms with Gasteiger partial charge >= 0.3 is 6.18 Å². The number of rotatable bonds is 2. The monoisotopic (exact) mass is 293 g/mol. The number of alkyl halides is 3. The zero-order valence-electron chi connectivity index (χ0n) is 10.9. The molecule has 5 nitrogen and oxygen atoms in total. The van der Waals surface area contributed by atoms with Gasteiger partial charge in [0.25, 0.3) is 0 Å². The summed E-state index contributed by atoms with van der Waals surface area (Å²) in [4.78, 5) is 4.29. The molecule has 1 N–H and O–H groups in total. The molecule has 0 aliphatic rings. The van der Waals surface area contributed by atoms with E-state index in [9.17, 15) is 13.2 Å². The smallest absolute Gasteiger partial charge is 0.323 e. The van der Waals surface area contributed by atoms with E-state index in [0.717, 1.165) is 6.07 Å². The summed E-state index contributed by atoms with van der Waals surface area (Å²) in [5, 5.41) is 5.63. The van der Waals surface area contributed by atoms with E-state index < -0.39 is 11.9 Å². The molecule has 3 aromatic rings. The molecular formula is C13H10F3N5. The van der Waals surface area contributed by atoms with Crippen molar-refractivity contribution < 1.29 is 17.7 Å². The van der Waals surface area contributed by atoms with E-state index in [1.165, 1.54) is 0 Å². The highest BCUT2D eigenvalue weighted by atomic mass is 19.4. The minimum Gasteiger partial charge on any atom is -0.323 e. The third-order valence-corrected chi connectivity index (χ3v) is 2.83. The molecule has 0 unspecified atom stereocenters. The van der Waals surface area contributed by atoms with E-state index in [0.29, 0.717) is 11.5 Å². The lowest BCUT2D eigenvalue weighted by Gasteiger charge is -2.03. The number of imidazole rings is 1. The van der Waals surface area contributed by atoms with Crippen molar-refractivity contribution in [2.45, 2.75) is 6.18 Å². The molecule has 0 spiro atoms. The number of pyridine rings is 1. The van der Waals surface area contributed by atoms with Crippen LogP contribution in [-0.2, 0) is 13.2 Å². The van der Waals surface area contributed by atoms with Crippen LogP contribution in [0.25, 0.3) is 17.2 Å². The summed E-state index contributed by atoms with van der Waals surface area (Å²) < 4.78 is 41.0. The van der Waals surface area contributed by atoms with Gasteiger partial charge in [-0.3, -0.25) is 10.1 Å². The molecule has 0 fully saturated rings. The Hall–Kier alpha value is -2.64. The molecule has 3 heterocycles. The molecule has 0 saturated carbocycles. The van der Waals surface area contributed by atoms with Crippen LogP contribution in [0.4, 0.5) is 13.2 Å². The fourth-order valence-electron chi connectivity index (χ4n) is 1.83. The number of nitrogens with one attached hydrogen (secondary N) is 1. The van der Waals surface area contributed by atoms with Gasteiger partial charge in [0.1, 0.15) is 17.2 Å². The summed E-state index contributed by atoms with van der Waals surface area (Å²) in [7, 11) is 1.81. The third-order valence-electron chi connectivity index (χ3n) is 2.83. The molecule has 0 aromatic carbocycles. The summed E-state index contributed by atoms with van der Waals surface area (Å²) in [6, 6.07) is 5.97. The number of hydrogen-bond donors (Lipinski definition) is 1. The lowest BCUT2D eigenvalue weighted by molar-refractivity contribution is -0.674. The minimum atomic E-state index is -4.45. The number of nitrogens with zero attached hydrogens (tertiary/aromatic N) is 4. The largest absolute Gasteiger partial charge is 0.432 e. The second-order valence-electron chi connectivity index (χ2n) is 4.42. The summed E-state index contributed by atoms with van der Waals surface area (Å²) in [5.41, 5.74) is -0.409. The van der Waals surface area contributed by atoms with Crippen LogP contribution in [0.15, 0.2) is 36.7 Å². The second-order valence-corrected chi connectivity index (χ2v) is 4.42. The summed E-state index contributed by atoms with van der Waals surface area (Å²) in [5.74, 6) is 0.546. The molecule has 0 aliphatic heterocycles. The lowest BCUT2D eigenvalue weighted by Crippen LogP contribution is -2.24. The summed E-state index contributed by atoms with van der Waals surface area (Å²) in [6.45, 7) is 0. The first-order valence-corrected chi connectivity index (χ1v) is 6.00. The molecule has 21 heavy (non-hydrogen) atoms. The number of aryl methyl sites for hydroxylation is 1. The van der Waals surface area contributed by atoms with Crippen LogP contribution in [0.3, 0.4) is 0 Å². The number of aromatic nitrogens is 5. The standard InChI is InChI=1S/C13H10F3N5/c1-20-5-6-21(8-20)12-4-2-3-9(17-12)10-7-11(19-18-10)13(14,15)16/h2-7H,1H3,(H,18,19). The predicted octanol–water partition coefficient (Wildman–Crippen LogP) is 1.91. The van der Waals surface area contributed by atoms with Crippen molar-refractivity contribution >= 4 is 0 Å². The van der Waals surface area contributed by atoms with Gasteiger partial charge in [0.05, 0.1) is 12.7 Å². The molecule has 3 aromatic heterocycles. The van der Waals surface area contributed by atoms with Crippen LogP contribution in [0, 0.1) is 6.33 Å². The maximum absolute atomic E-state index is 12.6. The maximum atomic E-state index is 12.6. The van der Waals surface area contributed by atoms with E-state index in [4.69, 9.17) is 0 Å². The molecule has 0 radical (unpaired) electrons. The SMILES string of the molecule is C[n+]1[c-]n(-c2cccc(-c3cc(C(F)(F)F)[nH]n3)n2)cc1. The molecule has 0 amide bonds. The van der Waals surface area contributed by atoms with Crippen molar-refractivity contribution in [3.63, 3.8) is 0 Å². The molecular weight excluding hydrogens is 283 g/mol. The van der Waals surface area contributed by atoms with Gasteiger partial charge in [0, 0.05) is 12.4 Å². The maximum Gasteiger partial charge on any atom is 0.432 e. The fraction of sp³-hybridized carbons (Fsp3) is 0.154. The Balaban J connectivity index is 1.98. The Morgan fingerprint density at radius 3 is 2.71 bits per heavy atom. The highest BCUT2D eigenvalue weighted by Crippen LogP contribution is 2.29. The van der Waals surface area contributed by atoms with Gasteiger partial charge in [-0.1, -0.05) is 6.07 Å². The Morgan fingerprint density at radius 1 is 1.29 bits per heavy atom. The van der Waals surface area contributed by atoms with Crippen molar-refractivity contribution in [3.05, 3.63) is 48.7 Å². The molecule has 0 atom stereocenters. The molecule has 0 saturated heterocycles. The Morgan fingerprint density at radius 2 is 2.10 bits per heavy atom. The third kappa shape index (κ3) is 2.64. The highest BCUT2D eigenvalue weighted by Gasteiger charge is 2.33. The first kappa shape index (κ1) is 13.3. The molecule has 108 valence electrons. The van der Waals surface area contributed by atoms with Crippen molar-refractivity contribution in [3.8, 4) is 17.2 Å². The van der Waals surface area contributed by atoms with Crippen LogP contribution >= 0.6 is 0 Å². The van der Waals surface area contributed by atoms with E-state index >= 15 is 0 Å². The average molecular weight is 293 g/mol. The average Bonchev–Trinajstić information content (AvgIpc) is 3.07. The molecule has 8 heteroatoms. The van der Waals surface area contributed by atoms with Gasteiger partial charge in [-0.05, 0) is 18.2 Å². The summed E-state index contributed by atoms with van der Waals surface area (Å²) >= 11 is 0. The molecule has 3 rings (SSSR count). The predicted molar refractivity (Wildman–Crippen MR) is 66.2 cm³/mol. The Labute approximate surface area is 117 Å². The number of hydrogen-bond acceptors (Lipinski definition) is 2. The van der Waals surface area contributed by atoms with Gasteiger partial charge in [-0.15, -0.1) is 0 Å². The van der Waals surface area contributed by atoms with Crippen molar-refractivity contribution in [1.82, 2.24) is 19.7 Å². The quantitative estimate of drug-likeness (QED) is 0.579. The zero-order valence-corrected chi connectivity index (χ0v) is 10.9. The minimum absolute atomic E-state index is 0.140. The van der Waals surface area contributed by atoms with Gasteiger partial charge in [0.2, 0.25) is 6.33 Å². The van der Waals surface area contributed by atoms with Crippen molar-refractivity contribution in [1.29, 1.82) is 0 Å². The van der Waals surface area contributed by atoms with Crippen LogP contribution in [-0.4, -0.2) is 19.7 Å². The molecule has 0 aliphatic carbocycles. The molecule has 0 bridgehead atoms. The topological polar surface area (TPSA) is 50.4 Å². The van der Waals surface area contributed by atoms with E-state index in [2.05, 4.69) is 16.4 Å². The zero-order chi connectivity index (χ0) is 15.0. The number of halogens is 3. The highest BCUT2D eigenvalue weighted by molar-refractivity contribution is 5.55. The van der Waals surface area contributed by atoms with E-state index in [1.807, 2.05) is 12.1 Å². The second kappa shape index (κ2) is 4.72. The lowest BCUT2D eigenvalue weighted by atomic mass is 10.2. The van der Waals surface area contributed by atoms with Crippen molar-refractivity contribution in [2.24, 2.45) is 7.05 Å². The van der Waals surface area contributed by atoms with Gasteiger partial charge in [-0.25, -0.2) is 0 Å². The fourth-order valence-corrected chi connectivity index (χ4v) is 1.83. The van der Waals surface area contributed by atoms with Crippen molar-refractivity contribution in [2.75, 3.05) is 0 Å². The Bertz CT molecular complexity index is 772. The normalized spacial score (nSPS) is 11.8. The summed E-state index contributed by atoms with van der Waals surface area (Å²) in [6.07, 6.45) is 2.04. The van der Waals surface area contributed by atoms with Crippen LogP contribution in [0.5, 0.6) is 0 Å².